The molecule has 2 N–H and O–H groups in total. The number of rotatable bonds is 8. The molecule has 98 valence electrons. The van der Waals surface area contributed by atoms with Crippen LogP contribution in [-0.4, -0.2) is 22.8 Å². The van der Waals surface area contributed by atoms with Gasteiger partial charge in [0.1, 0.15) is 0 Å². The molecule has 1 aromatic heterocycles. The Labute approximate surface area is 105 Å². The van der Waals surface area contributed by atoms with Gasteiger partial charge in [0, 0.05) is 38.1 Å². The average molecular weight is 238 g/mol. The van der Waals surface area contributed by atoms with Gasteiger partial charge in [0.05, 0.1) is 0 Å². The van der Waals surface area contributed by atoms with Crippen molar-refractivity contribution >= 4 is 0 Å². The molecule has 0 aromatic carbocycles. The second-order valence-electron chi connectivity index (χ2n) is 5.43. The lowest BCUT2D eigenvalue weighted by Gasteiger charge is -2.24. The summed E-state index contributed by atoms with van der Waals surface area (Å²) in [5.74, 6) is 0. The highest BCUT2D eigenvalue weighted by Crippen LogP contribution is 2.18. The van der Waals surface area contributed by atoms with Crippen LogP contribution in [0.2, 0.25) is 0 Å². The van der Waals surface area contributed by atoms with E-state index in [1.165, 1.54) is 5.69 Å². The van der Waals surface area contributed by atoms with Crippen LogP contribution in [0, 0.1) is 5.41 Å². The summed E-state index contributed by atoms with van der Waals surface area (Å²) in [6, 6.07) is 4.27. The monoisotopic (exact) mass is 238 g/mol. The molecule has 0 aliphatic heterocycles. The van der Waals surface area contributed by atoms with Crippen molar-refractivity contribution in [2.75, 3.05) is 13.2 Å². The lowest BCUT2D eigenvalue weighted by molar-refractivity contribution is 0.206. The molecule has 1 rings (SSSR count). The fourth-order valence-electron chi connectivity index (χ4n) is 1.99. The molecule has 1 aromatic rings. The zero-order chi connectivity index (χ0) is 12.7. The minimum atomic E-state index is 0.164. The van der Waals surface area contributed by atoms with Crippen LogP contribution in [-0.2, 0) is 13.1 Å². The van der Waals surface area contributed by atoms with Gasteiger partial charge in [-0.1, -0.05) is 20.8 Å². The molecule has 0 spiro atoms. The van der Waals surface area contributed by atoms with Crippen molar-refractivity contribution in [1.82, 2.24) is 9.88 Å². The van der Waals surface area contributed by atoms with Gasteiger partial charge in [0.15, 0.2) is 0 Å². The number of aliphatic hydroxyl groups excluding tert-OH is 1. The molecule has 0 unspecified atom stereocenters. The first-order valence-electron chi connectivity index (χ1n) is 6.54. The van der Waals surface area contributed by atoms with E-state index in [0.29, 0.717) is 0 Å². The number of nitrogens with zero attached hydrogens (tertiary/aromatic N) is 1. The third-order valence-electron chi connectivity index (χ3n) is 3.09. The van der Waals surface area contributed by atoms with Crippen molar-refractivity contribution in [3.63, 3.8) is 0 Å². The van der Waals surface area contributed by atoms with E-state index in [-0.39, 0.29) is 12.0 Å². The Hall–Kier alpha value is -0.800. The van der Waals surface area contributed by atoms with Crippen molar-refractivity contribution in [2.45, 2.75) is 46.7 Å². The van der Waals surface area contributed by atoms with Crippen molar-refractivity contribution in [2.24, 2.45) is 5.41 Å². The van der Waals surface area contributed by atoms with E-state index < -0.39 is 0 Å². The lowest BCUT2D eigenvalue weighted by Crippen LogP contribution is -2.30. The summed E-state index contributed by atoms with van der Waals surface area (Å²) in [6.45, 7) is 9.75. The molecular weight excluding hydrogens is 212 g/mol. The maximum atomic E-state index is 8.97. The summed E-state index contributed by atoms with van der Waals surface area (Å²) in [4.78, 5) is 0. The van der Waals surface area contributed by atoms with Gasteiger partial charge in [-0.25, -0.2) is 0 Å². The highest BCUT2D eigenvalue weighted by atomic mass is 16.3. The molecule has 0 aliphatic carbocycles. The Balaban J connectivity index is 2.37. The third-order valence-corrected chi connectivity index (χ3v) is 3.09. The molecule has 0 bridgehead atoms. The topological polar surface area (TPSA) is 37.2 Å². The van der Waals surface area contributed by atoms with Crippen molar-refractivity contribution in [1.29, 1.82) is 0 Å². The molecule has 3 heteroatoms. The van der Waals surface area contributed by atoms with E-state index in [1.54, 1.807) is 0 Å². The SMILES string of the molecule is CCCn1cccc1CNCC(C)(C)CCO. The minimum Gasteiger partial charge on any atom is -0.396 e. The van der Waals surface area contributed by atoms with Crippen LogP contribution in [0.3, 0.4) is 0 Å². The van der Waals surface area contributed by atoms with E-state index >= 15 is 0 Å². The van der Waals surface area contributed by atoms with Gasteiger partial charge in [-0.3, -0.25) is 0 Å². The van der Waals surface area contributed by atoms with Crippen LogP contribution in [0.5, 0.6) is 0 Å². The van der Waals surface area contributed by atoms with Gasteiger partial charge in [0.25, 0.3) is 0 Å². The maximum Gasteiger partial charge on any atom is 0.0436 e. The third kappa shape index (κ3) is 4.92. The number of aryl methyl sites for hydroxylation is 1. The first kappa shape index (κ1) is 14.3. The highest BCUT2D eigenvalue weighted by Gasteiger charge is 2.16. The fraction of sp³-hybridized carbons (Fsp3) is 0.714. The molecule has 3 nitrogen and oxygen atoms in total. The molecule has 0 radical (unpaired) electrons. The van der Waals surface area contributed by atoms with E-state index in [1.807, 2.05) is 0 Å². The zero-order valence-corrected chi connectivity index (χ0v) is 11.4. The Morgan fingerprint density at radius 3 is 2.82 bits per heavy atom. The van der Waals surface area contributed by atoms with Crippen molar-refractivity contribution < 1.29 is 5.11 Å². The standard InChI is InChI=1S/C14H26N2O/c1-4-8-16-9-5-6-13(16)11-15-12-14(2,3)7-10-17/h5-6,9,15,17H,4,7-8,10-12H2,1-3H3. The van der Waals surface area contributed by atoms with E-state index in [0.717, 1.165) is 32.5 Å². The van der Waals surface area contributed by atoms with Gasteiger partial charge < -0.3 is 15.0 Å². The van der Waals surface area contributed by atoms with Gasteiger partial charge in [-0.2, -0.15) is 0 Å². The second-order valence-corrected chi connectivity index (χ2v) is 5.43. The Bertz CT molecular complexity index is 318. The number of aromatic nitrogens is 1. The molecule has 0 amide bonds. The summed E-state index contributed by atoms with van der Waals surface area (Å²) in [5, 5.41) is 12.4. The van der Waals surface area contributed by atoms with Gasteiger partial charge >= 0.3 is 0 Å². The average Bonchev–Trinajstić information content (AvgIpc) is 2.66. The van der Waals surface area contributed by atoms with Crippen molar-refractivity contribution in [3.05, 3.63) is 24.0 Å². The summed E-state index contributed by atoms with van der Waals surface area (Å²) in [7, 11) is 0. The van der Waals surface area contributed by atoms with E-state index in [9.17, 15) is 0 Å². The molecular formula is C14H26N2O. The number of aliphatic hydroxyl groups is 1. The smallest absolute Gasteiger partial charge is 0.0436 e. The Kier molecular flexibility index (Phi) is 5.72. The first-order chi connectivity index (χ1) is 8.09. The minimum absolute atomic E-state index is 0.164. The largest absolute Gasteiger partial charge is 0.396 e. The molecule has 0 atom stereocenters. The quantitative estimate of drug-likeness (QED) is 0.729. The summed E-state index contributed by atoms with van der Waals surface area (Å²) >= 11 is 0. The number of hydrogen-bond acceptors (Lipinski definition) is 2. The number of nitrogens with one attached hydrogen (secondary N) is 1. The van der Waals surface area contributed by atoms with Crippen LogP contribution in [0.4, 0.5) is 0 Å². The molecule has 0 aliphatic rings. The van der Waals surface area contributed by atoms with E-state index in [2.05, 4.69) is 49.0 Å². The molecule has 1 heterocycles. The predicted molar refractivity (Wildman–Crippen MR) is 71.9 cm³/mol. The summed E-state index contributed by atoms with van der Waals surface area (Å²) in [6.07, 6.45) is 4.15. The fourth-order valence-corrected chi connectivity index (χ4v) is 1.99. The highest BCUT2D eigenvalue weighted by molar-refractivity contribution is 5.06. The van der Waals surface area contributed by atoms with Gasteiger partial charge in [0.2, 0.25) is 0 Å². The first-order valence-corrected chi connectivity index (χ1v) is 6.54. The van der Waals surface area contributed by atoms with Crippen LogP contribution in [0.15, 0.2) is 18.3 Å². The molecule has 0 fully saturated rings. The normalized spacial score (nSPS) is 12.0. The van der Waals surface area contributed by atoms with Crippen LogP contribution >= 0.6 is 0 Å². The zero-order valence-electron chi connectivity index (χ0n) is 11.4. The van der Waals surface area contributed by atoms with Gasteiger partial charge in [-0.05, 0) is 30.4 Å². The maximum absolute atomic E-state index is 8.97. The molecule has 17 heavy (non-hydrogen) atoms. The van der Waals surface area contributed by atoms with Crippen molar-refractivity contribution in [3.8, 4) is 0 Å². The number of hydrogen-bond donors (Lipinski definition) is 2. The molecule has 0 saturated heterocycles. The Morgan fingerprint density at radius 1 is 1.41 bits per heavy atom. The predicted octanol–water partition coefficient (Wildman–Crippen LogP) is 2.40. The summed E-state index contributed by atoms with van der Waals surface area (Å²) < 4.78 is 2.30. The lowest BCUT2D eigenvalue weighted by atomic mass is 9.90. The van der Waals surface area contributed by atoms with E-state index in [4.69, 9.17) is 5.11 Å². The van der Waals surface area contributed by atoms with Gasteiger partial charge in [-0.15, -0.1) is 0 Å². The van der Waals surface area contributed by atoms with Crippen LogP contribution < -0.4 is 5.32 Å². The summed E-state index contributed by atoms with van der Waals surface area (Å²) in [5.41, 5.74) is 1.50. The Morgan fingerprint density at radius 2 is 2.18 bits per heavy atom. The second kappa shape index (κ2) is 6.82. The van der Waals surface area contributed by atoms with Crippen LogP contribution in [0.25, 0.3) is 0 Å². The van der Waals surface area contributed by atoms with Crippen LogP contribution in [0.1, 0.15) is 39.3 Å². The molecule has 0 saturated carbocycles.